The SMILES string of the molecule is Cc1nc(N(C)C)nc(-c2cccc(-c3ccn(Cc4cncn4C)n3)c2)c1C. The highest BCUT2D eigenvalue weighted by molar-refractivity contribution is 5.72. The Kier molecular flexibility index (Phi) is 4.88. The van der Waals surface area contributed by atoms with Gasteiger partial charge in [-0.3, -0.25) is 4.68 Å². The number of imidazole rings is 1. The summed E-state index contributed by atoms with van der Waals surface area (Å²) >= 11 is 0. The molecular weight excluding hydrogens is 362 g/mol. The summed E-state index contributed by atoms with van der Waals surface area (Å²) < 4.78 is 3.94. The Hall–Kier alpha value is -3.48. The lowest BCUT2D eigenvalue weighted by Crippen LogP contribution is -2.14. The van der Waals surface area contributed by atoms with Crippen LogP contribution in [0.4, 0.5) is 5.95 Å². The molecule has 4 aromatic rings. The van der Waals surface area contributed by atoms with Crippen LogP contribution in [0.25, 0.3) is 22.5 Å². The van der Waals surface area contributed by atoms with Crippen LogP contribution in [0.15, 0.2) is 49.1 Å². The van der Waals surface area contributed by atoms with Crippen LogP contribution in [0.1, 0.15) is 17.0 Å². The Morgan fingerprint density at radius 3 is 2.55 bits per heavy atom. The first-order chi connectivity index (χ1) is 13.9. The molecule has 3 heterocycles. The average Bonchev–Trinajstić information content (AvgIpc) is 3.33. The Balaban J connectivity index is 1.68. The van der Waals surface area contributed by atoms with Crippen molar-refractivity contribution < 1.29 is 0 Å². The zero-order valence-corrected chi connectivity index (χ0v) is 17.5. The van der Waals surface area contributed by atoms with Crippen molar-refractivity contribution in [2.24, 2.45) is 7.05 Å². The molecule has 0 saturated carbocycles. The fourth-order valence-corrected chi connectivity index (χ4v) is 3.23. The summed E-state index contributed by atoms with van der Waals surface area (Å²) in [5.41, 5.74) is 7.21. The molecule has 0 aliphatic rings. The largest absolute Gasteiger partial charge is 0.347 e. The predicted octanol–water partition coefficient (Wildman–Crippen LogP) is 3.47. The van der Waals surface area contributed by atoms with Crippen molar-refractivity contribution in [3.8, 4) is 22.5 Å². The summed E-state index contributed by atoms with van der Waals surface area (Å²) in [6, 6.07) is 10.4. The maximum atomic E-state index is 4.78. The Labute approximate surface area is 170 Å². The zero-order chi connectivity index (χ0) is 20.5. The van der Waals surface area contributed by atoms with Crippen LogP contribution in [-0.4, -0.2) is 43.4 Å². The van der Waals surface area contributed by atoms with E-state index < -0.39 is 0 Å². The van der Waals surface area contributed by atoms with Crippen LogP contribution in [0.2, 0.25) is 0 Å². The van der Waals surface area contributed by atoms with Gasteiger partial charge in [0.15, 0.2) is 0 Å². The molecule has 0 atom stereocenters. The van der Waals surface area contributed by atoms with E-state index in [1.54, 1.807) is 6.33 Å². The predicted molar refractivity (Wildman–Crippen MR) is 115 cm³/mol. The Bertz CT molecular complexity index is 1150. The summed E-state index contributed by atoms with van der Waals surface area (Å²) in [5.74, 6) is 0.717. The minimum absolute atomic E-state index is 0.687. The van der Waals surface area contributed by atoms with E-state index in [1.807, 2.05) is 60.7 Å². The Morgan fingerprint density at radius 1 is 1.03 bits per heavy atom. The van der Waals surface area contributed by atoms with Gasteiger partial charge in [0.05, 0.1) is 36.2 Å². The summed E-state index contributed by atoms with van der Waals surface area (Å²) in [5, 5.41) is 4.75. The quantitative estimate of drug-likeness (QED) is 0.525. The molecule has 0 aliphatic heterocycles. The highest BCUT2D eigenvalue weighted by Gasteiger charge is 2.13. The molecule has 7 heteroatoms. The molecule has 0 aliphatic carbocycles. The topological polar surface area (TPSA) is 64.7 Å². The van der Waals surface area contributed by atoms with E-state index in [4.69, 9.17) is 10.1 Å². The normalized spacial score (nSPS) is 11.1. The fraction of sp³-hybridized carbons (Fsp3) is 0.273. The number of nitrogens with zero attached hydrogens (tertiary/aromatic N) is 7. The van der Waals surface area contributed by atoms with Gasteiger partial charge in [-0.15, -0.1) is 0 Å². The summed E-state index contributed by atoms with van der Waals surface area (Å²) in [7, 11) is 5.91. The molecule has 0 fully saturated rings. The van der Waals surface area contributed by atoms with Crippen LogP contribution < -0.4 is 4.90 Å². The van der Waals surface area contributed by atoms with E-state index >= 15 is 0 Å². The molecule has 0 N–H and O–H groups in total. The van der Waals surface area contributed by atoms with Crippen molar-refractivity contribution in [1.82, 2.24) is 29.3 Å². The third kappa shape index (κ3) is 3.76. The molecule has 0 amide bonds. The van der Waals surface area contributed by atoms with E-state index in [0.717, 1.165) is 39.5 Å². The van der Waals surface area contributed by atoms with E-state index in [0.29, 0.717) is 12.5 Å². The minimum atomic E-state index is 0.687. The van der Waals surface area contributed by atoms with Crippen LogP contribution in [-0.2, 0) is 13.6 Å². The number of anilines is 1. The zero-order valence-electron chi connectivity index (χ0n) is 17.5. The molecule has 0 saturated heterocycles. The number of hydrogen-bond acceptors (Lipinski definition) is 5. The number of rotatable bonds is 5. The standard InChI is InChI=1S/C22H25N7/c1-15-16(2)24-22(27(3)4)25-21(15)18-8-6-7-17(11-18)20-9-10-29(26-20)13-19-12-23-14-28(19)5/h6-12,14H,13H2,1-5H3. The molecule has 0 spiro atoms. The van der Waals surface area contributed by atoms with E-state index in [1.165, 1.54) is 0 Å². The average molecular weight is 387 g/mol. The van der Waals surface area contributed by atoms with E-state index in [2.05, 4.69) is 41.2 Å². The van der Waals surface area contributed by atoms with Gasteiger partial charge in [-0.25, -0.2) is 15.0 Å². The van der Waals surface area contributed by atoms with Crippen molar-refractivity contribution >= 4 is 5.95 Å². The molecule has 0 unspecified atom stereocenters. The van der Waals surface area contributed by atoms with Crippen LogP contribution in [0, 0.1) is 13.8 Å². The monoisotopic (exact) mass is 387 g/mol. The lowest BCUT2D eigenvalue weighted by Gasteiger charge is -2.15. The summed E-state index contributed by atoms with van der Waals surface area (Å²) in [6.45, 7) is 4.78. The second-order valence-electron chi connectivity index (χ2n) is 7.45. The van der Waals surface area contributed by atoms with Gasteiger partial charge in [-0.1, -0.05) is 18.2 Å². The van der Waals surface area contributed by atoms with Gasteiger partial charge in [0.25, 0.3) is 0 Å². The number of aryl methyl sites for hydroxylation is 2. The molecular formula is C22H25N7. The highest BCUT2D eigenvalue weighted by atomic mass is 15.3. The second kappa shape index (κ2) is 7.50. The molecule has 3 aromatic heterocycles. The van der Waals surface area contributed by atoms with Gasteiger partial charge in [0, 0.05) is 44.2 Å². The molecule has 148 valence electrons. The van der Waals surface area contributed by atoms with Gasteiger partial charge >= 0.3 is 0 Å². The number of benzene rings is 1. The smallest absolute Gasteiger partial charge is 0.225 e. The minimum Gasteiger partial charge on any atom is -0.347 e. The molecule has 29 heavy (non-hydrogen) atoms. The van der Waals surface area contributed by atoms with E-state index in [-0.39, 0.29) is 0 Å². The highest BCUT2D eigenvalue weighted by Crippen LogP contribution is 2.28. The second-order valence-corrected chi connectivity index (χ2v) is 7.45. The van der Waals surface area contributed by atoms with Crippen molar-refractivity contribution in [1.29, 1.82) is 0 Å². The fourth-order valence-electron chi connectivity index (χ4n) is 3.23. The molecule has 7 nitrogen and oxygen atoms in total. The van der Waals surface area contributed by atoms with Crippen LogP contribution in [0.5, 0.6) is 0 Å². The van der Waals surface area contributed by atoms with Crippen molar-refractivity contribution in [2.45, 2.75) is 20.4 Å². The first-order valence-corrected chi connectivity index (χ1v) is 9.54. The maximum Gasteiger partial charge on any atom is 0.225 e. The lowest BCUT2D eigenvalue weighted by atomic mass is 10.0. The van der Waals surface area contributed by atoms with E-state index in [9.17, 15) is 0 Å². The van der Waals surface area contributed by atoms with Gasteiger partial charge < -0.3 is 9.47 Å². The molecule has 4 rings (SSSR count). The van der Waals surface area contributed by atoms with Crippen LogP contribution >= 0.6 is 0 Å². The first kappa shape index (κ1) is 18.9. The van der Waals surface area contributed by atoms with Crippen LogP contribution in [0.3, 0.4) is 0 Å². The van der Waals surface area contributed by atoms with Crippen molar-refractivity contribution in [3.63, 3.8) is 0 Å². The molecule has 1 aromatic carbocycles. The summed E-state index contributed by atoms with van der Waals surface area (Å²) in [6.07, 6.45) is 5.67. The third-order valence-electron chi connectivity index (χ3n) is 5.09. The Morgan fingerprint density at radius 2 is 1.83 bits per heavy atom. The lowest BCUT2D eigenvalue weighted by molar-refractivity contribution is 0.650. The van der Waals surface area contributed by atoms with Crippen molar-refractivity contribution in [2.75, 3.05) is 19.0 Å². The maximum absolute atomic E-state index is 4.78. The summed E-state index contributed by atoms with van der Waals surface area (Å²) in [4.78, 5) is 15.5. The number of hydrogen-bond donors (Lipinski definition) is 0. The van der Waals surface area contributed by atoms with Gasteiger partial charge in [0.1, 0.15) is 0 Å². The third-order valence-corrected chi connectivity index (χ3v) is 5.09. The van der Waals surface area contributed by atoms with Crippen molar-refractivity contribution in [3.05, 3.63) is 66.0 Å². The van der Waals surface area contributed by atoms with Gasteiger partial charge in [-0.05, 0) is 31.5 Å². The van der Waals surface area contributed by atoms with Gasteiger partial charge in [0.2, 0.25) is 5.95 Å². The number of aromatic nitrogens is 6. The molecule has 0 radical (unpaired) electrons. The first-order valence-electron chi connectivity index (χ1n) is 9.54. The van der Waals surface area contributed by atoms with Gasteiger partial charge in [-0.2, -0.15) is 5.10 Å². The molecule has 0 bridgehead atoms.